The van der Waals surface area contributed by atoms with Crippen LogP contribution in [0.5, 0.6) is 11.5 Å². The quantitative estimate of drug-likeness (QED) is 0.508. The van der Waals surface area contributed by atoms with Crippen LogP contribution >= 0.6 is 0 Å². The molecule has 33 heavy (non-hydrogen) atoms. The van der Waals surface area contributed by atoms with Crippen LogP contribution in [0, 0.1) is 0 Å². The number of halogens is 3. The Labute approximate surface area is 185 Å². The first kappa shape index (κ1) is 23.3. The molecule has 0 radical (unpaired) electrons. The molecule has 3 N–H and O–H groups in total. The number of hydrogen-bond donors (Lipinski definition) is 3. The maximum atomic E-state index is 12.6. The maximum absolute atomic E-state index is 12.6. The third-order valence-corrected chi connectivity index (χ3v) is 4.29. The van der Waals surface area contributed by atoms with E-state index in [4.69, 9.17) is 4.74 Å². The van der Waals surface area contributed by atoms with Crippen molar-refractivity contribution in [1.29, 1.82) is 0 Å². The van der Waals surface area contributed by atoms with Crippen molar-refractivity contribution in [3.8, 4) is 11.5 Å². The minimum atomic E-state index is -4.52. The number of carbonyl (C=O) groups is 3. The summed E-state index contributed by atoms with van der Waals surface area (Å²) in [5.41, 5.74) is 3.65. The molecule has 0 atom stereocenters. The van der Waals surface area contributed by atoms with Gasteiger partial charge in [-0.1, -0.05) is 6.07 Å². The highest BCUT2D eigenvalue weighted by Gasteiger charge is 2.30. The zero-order valence-electron chi connectivity index (χ0n) is 17.1. The zero-order valence-corrected chi connectivity index (χ0v) is 17.1. The number of nitrogens with one attached hydrogen (secondary N) is 3. The molecular formula is C22H17F3N4O4. The fourth-order valence-corrected chi connectivity index (χ4v) is 2.63. The summed E-state index contributed by atoms with van der Waals surface area (Å²) in [4.78, 5) is 40.1. The van der Waals surface area contributed by atoms with Gasteiger partial charge in [-0.05, 0) is 48.5 Å². The van der Waals surface area contributed by atoms with Gasteiger partial charge >= 0.3 is 6.18 Å². The van der Waals surface area contributed by atoms with E-state index in [2.05, 4.69) is 21.2 Å². The summed E-state index contributed by atoms with van der Waals surface area (Å²) in [6.07, 6.45) is -3.12. The van der Waals surface area contributed by atoms with Crippen LogP contribution in [-0.2, 0) is 6.18 Å². The number of ether oxygens (including phenoxy) is 1. The van der Waals surface area contributed by atoms with Gasteiger partial charge in [0.1, 0.15) is 17.2 Å². The second kappa shape index (κ2) is 9.81. The summed E-state index contributed by atoms with van der Waals surface area (Å²) in [6.45, 7) is 0. The molecule has 0 saturated heterocycles. The van der Waals surface area contributed by atoms with Gasteiger partial charge in [-0.15, -0.1) is 0 Å². The molecule has 11 heteroatoms. The average Bonchev–Trinajstić information content (AvgIpc) is 2.81. The summed E-state index contributed by atoms with van der Waals surface area (Å²) < 4.78 is 43.5. The molecule has 8 nitrogen and oxygen atoms in total. The lowest BCUT2D eigenvalue weighted by Gasteiger charge is -2.11. The predicted molar refractivity (Wildman–Crippen MR) is 111 cm³/mol. The monoisotopic (exact) mass is 458 g/mol. The molecular weight excluding hydrogens is 441 g/mol. The molecule has 0 unspecified atom stereocenters. The highest BCUT2D eigenvalue weighted by atomic mass is 19.4. The SMILES string of the molecule is CNC(=O)c1cc(Oc2cccc(C(=O)NNC(=O)c3ccc(C(F)(F)F)cc3)c2)ccn1. The number of hydrazine groups is 1. The molecule has 0 spiro atoms. The fraction of sp³-hybridized carbons (Fsp3) is 0.0909. The number of aromatic nitrogens is 1. The molecule has 0 fully saturated rings. The van der Waals surface area contributed by atoms with Crippen molar-refractivity contribution in [2.75, 3.05) is 7.05 Å². The van der Waals surface area contributed by atoms with E-state index in [0.717, 1.165) is 24.3 Å². The van der Waals surface area contributed by atoms with Crippen LogP contribution in [0.2, 0.25) is 0 Å². The number of amides is 3. The summed E-state index contributed by atoms with van der Waals surface area (Å²) in [5.74, 6) is -1.26. The Morgan fingerprint density at radius 1 is 0.818 bits per heavy atom. The number of carbonyl (C=O) groups excluding carboxylic acids is 3. The van der Waals surface area contributed by atoms with Gasteiger partial charge < -0.3 is 10.1 Å². The van der Waals surface area contributed by atoms with E-state index in [-0.39, 0.29) is 22.6 Å². The number of nitrogens with zero attached hydrogens (tertiary/aromatic N) is 1. The molecule has 2 aromatic carbocycles. The molecule has 170 valence electrons. The Balaban J connectivity index is 1.63. The topological polar surface area (TPSA) is 109 Å². The van der Waals surface area contributed by atoms with Crippen LogP contribution in [0.4, 0.5) is 13.2 Å². The van der Waals surface area contributed by atoms with Crippen LogP contribution in [0.15, 0.2) is 66.9 Å². The molecule has 3 amide bonds. The van der Waals surface area contributed by atoms with Crippen molar-refractivity contribution >= 4 is 17.7 Å². The summed E-state index contributed by atoms with van der Waals surface area (Å²) in [6, 6.07) is 12.5. The predicted octanol–water partition coefficient (Wildman–Crippen LogP) is 3.33. The minimum absolute atomic E-state index is 0.0648. The number of alkyl halides is 3. The Morgan fingerprint density at radius 3 is 2.09 bits per heavy atom. The lowest BCUT2D eigenvalue weighted by Crippen LogP contribution is -2.41. The Bertz CT molecular complexity index is 1180. The van der Waals surface area contributed by atoms with Gasteiger partial charge in [0, 0.05) is 30.4 Å². The van der Waals surface area contributed by atoms with Crippen molar-refractivity contribution in [3.05, 3.63) is 89.2 Å². The van der Waals surface area contributed by atoms with E-state index in [9.17, 15) is 27.6 Å². The number of pyridine rings is 1. The largest absolute Gasteiger partial charge is 0.457 e. The van der Waals surface area contributed by atoms with Crippen LogP contribution in [-0.4, -0.2) is 29.8 Å². The van der Waals surface area contributed by atoms with Gasteiger partial charge in [0.15, 0.2) is 0 Å². The Morgan fingerprint density at radius 2 is 1.45 bits per heavy atom. The second-order valence-corrected chi connectivity index (χ2v) is 6.57. The molecule has 3 rings (SSSR count). The third-order valence-electron chi connectivity index (χ3n) is 4.29. The van der Waals surface area contributed by atoms with Crippen molar-refractivity contribution in [1.82, 2.24) is 21.2 Å². The zero-order chi connectivity index (χ0) is 24.0. The summed E-state index contributed by atoms with van der Waals surface area (Å²) in [7, 11) is 1.47. The van der Waals surface area contributed by atoms with Crippen LogP contribution in [0.25, 0.3) is 0 Å². The van der Waals surface area contributed by atoms with Gasteiger partial charge in [-0.3, -0.25) is 30.2 Å². The smallest absolute Gasteiger partial charge is 0.416 e. The lowest BCUT2D eigenvalue weighted by molar-refractivity contribution is -0.137. The normalized spacial score (nSPS) is 10.8. The first-order valence-corrected chi connectivity index (χ1v) is 9.41. The maximum Gasteiger partial charge on any atom is 0.416 e. The molecule has 0 bridgehead atoms. The highest BCUT2D eigenvalue weighted by molar-refractivity contribution is 5.99. The van der Waals surface area contributed by atoms with E-state index in [1.165, 1.54) is 37.5 Å². The second-order valence-electron chi connectivity index (χ2n) is 6.57. The van der Waals surface area contributed by atoms with Gasteiger partial charge in [0.2, 0.25) is 0 Å². The standard InChI is InChI=1S/C22H17F3N4O4/c1-26-21(32)18-12-17(9-10-27-18)33-16-4-2-3-14(11-16)20(31)29-28-19(30)13-5-7-15(8-6-13)22(23,24)25/h2-12H,1H3,(H,26,32)(H,28,30)(H,29,31). The number of hydrogen-bond acceptors (Lipinski definition) is 5. The van der Waals surface area contributed by atoms with E-state index >= 15 is 0 Å². The summed E-state index contributed by atoms with van der Waals surface area (Å²) in [5, 5.41) is 2.45. The van der Waals surface area contributed by atoms with E-state index in [1.807, 2.05) is 0 Å². The number of rotatable bonds is 5. The van der Waals surface area contributed by atoms with Crippen molar-refractivity contribution in [2.45, 2.75) is 6.18 Å². The van der Waals surface area contributed by atoms with Gasteiger partial charge in [0.05, 0.1) is 5.56 Å². The average molecular weight is 458 g/mol. The first-order valence-electron chi connectivity index (χ1n) is 9.41. The molecule has 3 aromatic rings. The van der Waals surface area contributed by atoms with Gasteiger partial charge in [-0.2, -0.15) is 13.2 Å². The molecule has 1 aromatic heterocycles. The molecule has 0 aliphatic carbocycles. The number of benzene rings is 2. The summed E-state index contributed by atoms with van der Waals surface area (Å²) >= 11 is 0. The van der Waals surface area contributed by atoms with E-state index < -0.39 is 29.5 Å². The Hall–Kier alpha value is -4.41. The van der Waals surface area contributed by atoms with Crippen molar-refractivity contribution in [2.24, 2.45) is 0 Å². The van der Waals surface area contributed by atoms with Gasteiger partial charge in [-0.25, -0.2) is 0 Å². The minimum Gasteiger partial charge on any atom is -0.457 e. The Kier molecular flexibility index (Phi) is 6.91. The van der Waals surface area contributed by atoms with Gasteiger partial charge in [0.25, 0.3) is 17.7 Å². The van der Waals surface area contributed by atoms with Crippen molar-refractivity contribution < 1.29 is 32.3 Å². The van der Waals surface area contributed by atoms with E-state index in [1.54, 1.807) is 12.1 Å². The molecule has 0 saturated carbocycles. The first-order chi connectivity index (χ1) is 15.7. The van der Waals surface area contributed by atoms with Crippen molar-refractivity contribution in [3.63, 3.8) is 0 Å². The van der Waals surface area contributed by atoms with E-state index in [0.29, 0.717) is 5.75 Å². The van der Waals surface area contributed by atoms with Crippen LogP contribution in [0.3, 0.4) is 0 Å². The highest BCUT2D eigenvalue weighted by Crippen LogP contribution is 2.29. The third kappa shape index (κ3) is 6.06. The molecule has 0 aliphatic rings. The molecule has 0 aliphatic heterocycles. The fourth-order valence-electron chi connectivity index (χ4n) is 2.63. The lowest BCUT2D eigenvalue weighted by atomic mass is 10.1. The molecule has 1 heterocycles. The van der Waals surface area contributed by atoms with Crippen LogP contribution < -0.4 is 20.9 Å². The van der Waals surface area contributed by atoms with Crippen LogP contribution in [0.1, 0.15) is 36.8 Å².